The van der Waals surface area contributed by atoms with Crippen molar-refractivity contribution >= 4 is 28.9 Å². The number of halogens is 1. The first-order valence-electron chi connectivity index (χ1n) is 6.83. The number of aromatic nitrogens is 2. The molecule has 0 radical (unpaired) electrons. The minimum absolute atomic E-state index is 0.0792. The van der Waals surface area contributed by atoms with Crippen LogP contribution < -0.4 is 10.6 Å². The smallest absolute Gasteiger partial charge is 0.221 e. The van der Waals surface area contributed by atoms with E-state index in [1.54, 1.807) is 4.68 Å². The van der Waals surface area contributed by atoms with Gasteiger partial charge in [-0.05, 0) is 30.7 Å². The number of carbonyl (C=O) groups excluding carboxylic acids is 1. The maximum atomic E-state index is 11.0. The molecular weight excluding hydrogens is 288 g/mol. The van der Waals surface area contributed by atoms with Gasteiger partial charge in [-0.1, -0.05) is 18.5 Å². The van der Waals surface area contributed by atoms with Gasteiger partial charge >= 0.3 is 0 Å². The zero-order valence-corrected chi connectivity index (χ0v) is 13.2. The molecule has 21 heavy (non-hydrogen) atoms. The van der Waals surface area contributed by atoms with Crippen LogP contribution >= 0.6 is 11.6 Å². The van der Waals surface area contributed by atoms with E-state index in [0.717, 1.165) is 34.2 Å². The number of rotatable bonds is 5. The summed E-state index contributed by atoms with van der Waals surface area (Å²) in [5, 5.41) is 11.1. The highest BCUT2D eigenvalue weighted by Crippen LogP contribution is 2.22. The van der Waals surface area contributed by atoms with E-state index in [1.165, 1.54) is 6.92 Å². The average Bonchev–Trinajstić information content (AvgIpc) is 2.72. The molecule has 2 rings (SSSR count). The van der Waals surface area contributed by atoms with Gasteiger partial charge in [0.2, 0.25) is 5.91 Å². The van der Waals surface area contributed by atoms with Crippen molar-refractivity contribution in [2.45, 2.75) is 26.8 Å². The zero-order valence-electron chi connectivity index (χ0n) is 12.4. The fraction of sp³-hybridized carbons (Fsp3) is 0.333. The summed E-state index contributed by atoms with van der Waals surface area (Å²) in [4.78, 5) is 11.0. The molecule has 0 atom stereocenters. The van der Waals surface area contributed by atoms with Crippen LogP contribution in [-0.4, -0.2) is 15.7 Å². The number of hydrogen-bond acceptors (Lipinski definition) is 3. The lowest BCUT2D eigenvalue weighted by atomic mass is 10.2. The normalized spacial score (nSPS) is 10.5. The molecule has 5 nitrogen and oxygen atoms in total. The molecule has 1 aromatic carbocycles. The third-order valence-electron chi connectivity index (χ3n) is 3.17. The van der Waals surface area contributed by atoms with Gasteiger partial charge in [-0.3, -0.25) is 9.48 Å². The topological polar surface area (TPSA) is 59.0 Å². The summed E-state index contributed by atoms with van der Waals surface area (Å²) in [6, 6.07) is 7.53. The maximum Gasteiger partial charge on any atom is 0.221 e. The van der Waals surface area contributed by atoms with Gasteiger partial charge in [-0.25, -0.2) is 0 Å². The van der Waals surface area contributed by atoms with Crippen LogP contribution in [0, 0.1) is 0 Å². The molecule has 0 bridgehead atoms. The Morgan fingerprint density at radius 3 is 2.43 bits per heavy atom. The van der Waals surface area contributed by atoms with Gasteiger partial charge < -0.3 is 10.6 Å². The fourth-order valence-electron chi connectivity index (χ4n) is 2.07. The van der Waals surface area contributed by atoms with Crippen molar-refractivity contribution < 1.29 is 4.79 Å². The van der Waals surface area contributed by atoms with Gasteiger partial charge in [0, 0.05) is 25.3 Å². The molecule has 1 amide bonds. The number of aryl methyl sites for hydroxylation is 2. The fourth-order valence-corrected chi connectivity index (χ4v) is 2.43. The highest BCUT2D eigenvalue weighted by atomic mass is 35.5. The van der Waals surface area contributed by atoms with Gasteiger partial charge in [0.05, 0.1) is 23.0 Å². The van der Waals surface area contributed by atoms with Crippen molar-refractivity contribution in [3.63, 3.8) is 0 Å². The summed E-state index contributed by atoms with van der Waals surface area (Å²) in [5.41, 5.74) is 3.61. The minimum atomic E-state index is -0.0792. The molecule has 2 N–H and O–H groups in total. The Morgan fingerprint density at radius 1 is 1.29 bits per heavy atom. The molecule has 0 aliphatic carbocycles. The summed E-state index contributed by atoms with van der Waals surface area (Å²) in [5.74, 6) is -0.0792. The van der Waals surface area contributed by atoms with Crippen LogP contribution in [-0.2, 0) is 24.8 Å². The molecule has 2 aromatic rings. The number of nitrogens with one attached hydrogen (secondary N) is 2. The molecule has 6 heteroatoms. The lowest BCUT2D eigenvalue weighted by Gasteiger charge is -2.08. The lowest BCUT2D eigenvalue weighted by molar-refractivity contribution is -0.114. The van der Waals surface area contributed by atoms with Crippen molar-refractivity contribution in [2.24, 2.45) is 7.05 Å². The first-order valence-corrected chi connectivity index (χ1v) is 7.20. The van der Waals surface area contributed by atoms with E-state index in [1.807, 2.05) is 38.2 Å². The molecule has 0 saturated heterocycles. The minimum Gasteiger partial charge on any atom is -0.379 e. The SMILES string of the molecule is CCc1nn(C)c(CNc2ccc(NC(C)=O)cc2)c1Cl. The first kappa shape index (κ1) is 15.4. The number of anilines is 2. The number of hydrogen-bond donors (Lipinski definition) is 2. The Hall–Kier alpha value is -2.01. The Bertz CT molecular complexity index is 634. The van der Waals surface area contributed by atoms with Gasteiger partial charge in [0.1, 0.15) is 0 Å². The van der Waals surface area contributed by atoms with E-state index in [4.69, 9.17) is 11.6 Å². The predicted octanol–water partition coefficient (Wildman–Crippen LogP) is 3.21. The standard InChI is InChI=1S/C15H19ClN4O/c1-4-13-15(16)14(20(3)19-13)9-17-11-5-7-12(8-6-11)18-10(2)21/h5-8,17H,4,9H2,1-3H3,(H,18,21). The van der Waals surface area contributed by atoms with Crippen molar-refractivity contribution in [1.29, 1.82) is 0 Å². The van der Waals surface area contributed by atoms with Crippen molar-refractivity contribution in [3.8, 4) is 0 Å². The molecule has 0 saturated carbocycles. The predicted molar refractivity (Wildman–Crippen MR) is 85.7 cm³/mol. The average molecular weight is 307 g/mol. The van der Waals surface area contributed by atoms with Gasteiger partial charge in [-0.2, -0.15) is 5.10 Å². The largest absolute Gasteiger partial charge is 0.379 e. The Labute approximate surface area is 129 Å². The van der Waals surface area contributed by atoms with Crippen LogP contribution in [0.4, 0.5) is 11.4 Å². The highest BCUT2D eigenvalue weighted by Gasteiger charge is 2.12. The second-order valence-corrected chi connectivity index (χ2v) is 5.17. The Morgan fingerprint density at radius 2 is 1.90 bits per heavy atom. The lowest BCUT2D eigenvalue weighted by Crippen LogP contribution is -2.07. The summed E-state index contributed by atoms with van der Waals surface area (Å²) in [7, 11) is 1.89. The summed E-state index contributed by atoms with van der Waals surface area (Å²) >= 11 is 6.31. The summed E-state index contributed by atoms with van der Waals surface area (Å²) < 4.78 is 1.81. The molecule has 0 aliphatic heterocycles. The van der Waals surface area contributed by atoms with Crippen molar-refractivity contribution in [3.05, 3.63) is 40.7 Å². The molecular formula is C15H19ClN4O. The second kappa shape index (κ2) is 6.63. The van der Waals surface area contributed by atoms with Crippen LogP contribution in [0.5, 0.6) is 0 Å². The van der Waals surface area contributed by atoms with Crippen LogP contribution in [0.3, 0.4) is 0 Å². The highest BCUT2D eigenvalue weighted by molar-refractivity contribution is 6.31. The van der Waals surface area contributed by atoms with Crippen molar-refractivity contribution in [2.75, 3.05) is 10.6 Å². The number of benzene rings is 1. The summed E-state index contributed by atoms with van der Waals surface area (Å²) in [6.07, 6.45) is 0.818. The number of amides is 1. The van der Waals surface area contributed by atoms with E-state index in [0.29, 0.717) is 6.54 Å². The second-order valence-electron chi connectivity index (χ2n) is 4.80. The summed E-state index contributed by atoms with van der Waals surface area (Å²) in [6.45, 7) is 4.12. The molecule has 0 fully saturated rings. The molecule has 0 unspecified atom stereocenters. The molecule has 112 valence electrons. The van der Waals surface area contributed by atoms with Gasteiger partial charge in [0.15, 0.2) is 0 Å². The molecule has 0 aliphatic rings. The van der Waals surface area contributed by atoms with E-state index >= 15 is 0 Å². The van der Waals surface area contributed by atoms with E-state index in [-0.39, 0.29) is 5.91 Å². The van der Waals surface area contributed by atoms with E-state index in [9.17, 15) is 4.79 Å². The Kier molecular flexibility index (Phi) is 4.85. The number of nitrogens with zero attached hydrogens (tertiary/aromatic N) is 2. The van der Waals surface area contributed by atoms with Crippen molar-refractivity contribution in [1.82, 2.24) is 9.78 Å². The Balaban J connectivity index is 2.03. The van der Waals surface area contributed by atoms with E-state index in [2.05, 4.69) is 15.7 Å². The van der Waals surface area contributed by atoms with E-state index < -0.39 is 0 Å². The third-order valence-corrected chi connectivity index (χ3v) is 3.60. The van der Waals surface area contributed by atoms with Gasteiger partial charge in [0.25, 0.3) is 0 Å². The van der Waals surface area contributed by atoms with Crippen LogP contribution in [0.25, 0.3) is 0 Å². The monoisotopic (exact) mass is 306 g/mol. The first-order chi connectivity index (χ1) is 10.0. The third kappa shape index (κ3) is 3.76. The van der Waals surface area contributed by atoms with Gasteiger partial charge in [-0.15, -0.1) is 0 Å². The molecule has 1 aromatic heterocycles. The van der Waals surface area contributed by atoms with Crippen LogP contribution in [0.2, 0.25) is 5.02 Å². The maximum absolute atomic E-state index is 11.0. The zero-order chi connectivity index (χ0) is 15.4. The molecule has 1 heterocycles. The van der Waals surface area contributed by atoms with Crippen LogP contribution in [0.1, 0.15) is 25.2 Å². The number of carbonyl (C=O) groups is 1. The van der Waals surface area contributed by atoms with Crippen LogP contribution in [0.15, 0.2) is 24.3 Å². The quantitative estimate of drug-likeness (QED) is 0.892. The molecule has 0 spiro atoms.